The third kappa shape index (κ3) is 7.25. The summed E-state index contributed by atoms with van der Waals surface area (Å²) < 4.78 is 11.9. The van der Waals surface area contributed by atoms with E-state index in [0.29, 0.717) is 10.3 Å². The number of carbonyl (C=O) groups is 2. The lowest BCUT2D eigenvalue weighted by Gasteiger charge is -2.21. The highest BCUT2D eigenvalue weighted by Crippen LogP contribution is 2.43. The molecule has 1 amide bonds. The van der Waals surface area contributed by atoms with E-state index in [-0.39, 0.29) is 25.2 Å². The number of nitrogens with one attached hydrogen (secondary N) is 1. The topological polar surface area (TPSA) is 64.6 Å². The van der Waals surface area contributed by atoms with E-state index in [1.807, 2.05) is 79.0 Å². The van der Waals surface area contributed by atoms with Crippen LogP contribution in [0.15, 0.2) is 53.0 Å². The van der Waals surface area contributed by atoms with Crippen molar-refractivity contribution in [1.29, 1.82) is 0 Å². The number of thioether (sulfide) groups is 2. The molecule has 160 valence electrons. The minimum Gasteiger partial charge on any atom is -0.482 e. The predicted octanol–water partition coefficient (Wildman–Crippen LogP) is 5.12. The highest BCUT2D eigenvalue weighted by atomic mass is 79.9. The molecule has 1 heterocycles. The van der Waals surface area contributed by atoms with Gasteiger partial charge >= 0.3 is 5.97 Å². The highest BCUT2D eigenvalue weighted by Gasteiger charge is 2.17. The van der Waals surface area contributed by atoms with Crippen LogP contribution in [0.25, 0.3) is 0 Å². The average molecular weight is 510 g/mol. The molecular formula is C22H24BrNO4S2. The fourth-order valence-corrected chi connectivity index (χ4v) is 6.01. The molecule has 1 fully saturated rings. The monoisotopic (exact) mass is 509 g/mol. The quantitative estimate of drug-likeness (QED) is 0.498. The third-order valence-electron chi connectivity index (χ3n) is 4.45. The van der Waals surface area contributed by atoms with E-state index < -0.39 is 5.97 Å². The fourth-order valence-electron chi connectivity index (χ4n) is 2.85. The predicted molar refractivity (Wildman–Crippen MR) is 126 cm³/mol. The molecule has 0 bridgehead atoms. The number of hydrogen-bond acceptors (Lipinski definition) is 6. The van der Waals surface area contributed by atoms with Gasteiger partial charge in [-0.1, -0.05) is 40.2 Å². The van der Waals surface area contributed by atoms with Gasteiger partial charge in [-0.25, -0.2) is 4.79 Å². The Morgan fingerprint density at radius 2 is 1.73 bits per heavy atom. The van der Waals surface area contributed by atoms with Crippen molar-refractivity contribution < 1.29 is 19.1 Å². The summed E-state index contributed by atoms with van der Waals surface area (Å²) in [6, 6.07) is 15.3. The Balaban J connectivity index is 1.37. The number of esters is 1. The Bertz CT molecular complexity index is 839. The number of rotatable bonds is 8. The number of halogens is 1. The van der Waals surface area contributed by atoms with Gasteiger partial charge in [0.1, 0.15) is 5.75 Å². The van der Waals surface area contributed by atoms with Gasteiger partial charge in [-0.3, -0.25) is 4.79 Å². The zero-order valence-corrected chi connectivity index (χ0v) is 19.9. The summed E-state index contributed by atoms with van der Waals surface area (Å²) in [5, 5.41) is 2.81. The first-order valence-corrected chi connectivity index (χ1v) is 12.6. The number of amides is 1. The minimum absolute atomic E-state index is 0.181. The van der Waals surface area contributed by atoms with Gasteiger partial charge in [0, 0.05) is 4.47 Å². The molecule has 1 unspecified atom stereocenters. The van der Waals surface area contributed by atoms with Gasteiger partial charge in [-0.15, -0.1) is 23.5 Å². The Morgan fingerprint density at radius 3 is 2.40 bits per heavy atom. The van der Waals surface area contributed by atoms with Crippen LogP contribution >= 0.6 is 39.5 Å². The number of benzene rings is 2. The molecule has 1 aliphatic heterocycles. The molecule has 3 rings (SSSR count). The lowest BCUT2D eigenvalue weighted by Crippen LogP contribution is -2.31. The van der Waals surface area contributed by atoms with Crippen molar-refractivity contribution >= 4 is 51.3 Å². The molecule has 0 spiro atoms. The Labute approximate surface area is 193 Å². The lowest BCUT2D eigenvalue weighted by molar-refractivity contribution is -0.150. The molecule has 0 saturated carbocycles. The molecule has 1 atom stereocenters. The van der Waals surface area contributed by atoms with Gasteiger partial charge in [-0.2, -0.15) is 0 Å². The molecule has 0 aliphatic carbocycles. The molecule has 2 aromatic carbocycles. The molecule has 8 heteroatoms. The number of ether oxygens (including phenoxy) is 2. The van der Waals surface area contributed by atoms with Crippen molar-refractivity contribution in [3.8, 4) is 5.75 Å². The SMILES string of the molecule is CC(NC(=O)COC(=O)COc1ccc(C2SCCCS2)cc1)c1ccc(Br)cc1. The zero-order valence-electron chi connectivity index (χ0n) is 16.6. The van der Waals surface area contributed by atoms with Crippen molar-refractivity contribution in [3.63, 3.8) is 0 Å². The van der Waals surface area contributed by atoms with Crippen LogP contribution in [0.3, 0.4) is 0 Å². The summed E-state index contributed by atoms with van der Waals surface area (Å²) in [6.45, 7) is 1.31. The summed E-state index contributed by atoms with van der Waals surface area (Å²) in [6.07, 6.45) is 1.26. The molecule has 5 nitrogen and oxygen atoms in total. The van der Waals surface area contributed by atoms with Crippen LogP contribution in [-0.2, 0) is 14.3 Å². The summed E-state index contributed by atoms with van der Waals surface area (Å²) >= 11 is 7.30. The van der Waals surface area contributed by atoms with Crippen molar-refractivity contribution in [2.24, 2.45) is 0 Å². The smallest absolute Gasteiger partial charge is 0.344 e. The fraction of sp³-hybridized carbons (Fsp3) is 0.364. The van der Waals surface area contributed by atoms with E-state index in [2.05, 4.69) is 21.2 Å². The molecule has 0 aromatic heterocycles. The van der Waals surface area contributed by atoms with Crippen molar-refractivity contribution in [3.05, 3.63) is 64.1 Å². The maximum Gasteiger partial charge on any atom is 0.344 e. The highest BCUT2D eigenvalue weighted by molar-refractivity contribution is 9.10. The van der Waals surface area contributed by atoms with Crippen LogP contribution in [0.4, 0.5) is 0 Å². The van der Waals surface area contributed by atoms with Crippen LogP contribution in [0.1, 0.15) is 35.1 Å². The van der Waals surface area contributed by atoms with E-state index in [0.717, 1.165) is 10.0 Å². The summed E-state index contributed by atoms with van der Waals surface area (Å²) in [5.74, 6) is 2.05. The maximum absolute atomic E-state index is 12.0. The van der Waals surface area contributed by atoms with E-state index >= 15 is 0 Å². The van der Waals surface area contributed by atoms with E-state index in [1.54, 1.807) is 0 Å². The van der Waals surface area contributed by atoms with Gasteiger partial charge in [0.05, 0.1) is 10.6 Å². The Hall–Kier alpha value is -1.64. The molecule has 0 radical (unpaired) electrons. The summed E-state index contributed by atoms with van der Waals surface area (Å²) in [4.78, 5) is 23.9. The van der Waals surface area contributed by atoms with Gasteiger partial charge < -0.3 is 14.8 Å². The summed E-state index contributed by atoms with van der Waals surface area (Å²) in [5.41, 5.74) is 2.23. The first kappa shape index (κ1) is 23.0. The van der Waals surface area contributed by atoms with Gasteiger partial charge in [-0.05, 0) is 60.2 Å². The van der Waals surface area contributed by atoms with Crippen LogP contribution in [0, 0.1) is 0 Å². The van der Waals surface area contributed by atoms with Crippen molar-refractivity contribution in [1.82, 2.24) is 5.32 Å². The third-order valence-corrected chi connectivity index (χ3v) is 7.99. The van der Waals surface area contributed by atoms with Gasteiger partial charge in [0.15, 0.2) is 13.2 Å². The zero-order chi connectivity index (χ0) is 21.3. The largest absolute Gasteiger partial charge is 0.482 e. The Kier molecular flexibility index (Phi) is 8.96. The van der Waals surface area contributed by atoms with E-state index in [4.69, 9.17) is 9.47 Å². The molecule has 1 saturated heterocycles. The molecule has 30 heavy (non-hydrogen) atoms. The summed E-state index contributed by atoms with van der Waals surface area (Å²) in [7, 11) is 0. The van der Waals surface area contributed by atoms with Gasteiger partial charge in [0.2, 0.25) is 0 Å². The molecule has 1 aliphatic rings. The first-order valence-electron chi connectivity index (χ1n) is 9.67. The molecule has 2 aromatic rings. The van der Waals surface area contributed by atoms with Crippen molar-refractivity contribution in [2.75, 3.05) is 24.7 Å². The number of hydrogen-bond donors (Lipinski definition) is 1. The molecule has 1 N–H and O–H groups in total. The second kappa shape index (κ2) is 11.7. The van der Waals surface area contributed by atoms with Crippen molar-refractivity contribution in [2.45, 2.75) is 24.0 Å². The Morgan fingerprint density at radius 1 is 1.07 bits per heavy atom. The van der Waals surface area contributed by atoms with Gasteiger partial charge in [0.25, 0.3) is 5.91 Å². The van der Waals surface area contributed by atoms with E-state index in [9.17, 15) is 9.59 Å². The minimum atomic E-state index is -0.580. The lowest BCUT2D eigenvalue weighted by atomic mass is 10.1. The average Bonchev–Trinajstić information content (AvgIpc) is 2.77. The number of carbonyl (C=O) groups excluding carboxylic acids is 2. The van der Waals surface area contributed by atoms with E-state index in [1.165, 1.54) is 23.5 Å². The standard InChI is InChI=1S/C22H24BrNO4S2/c1-15(16-3-7-18(23)8-4-16)24-20(25)13-28-21(26)14-27-19-9-5-17(6-10-19)22-29-11-2-12-30-22/h3-10,15,22H,2,11-14H2,1H3,(H,24,25). The van der Waals surface area contributed by atoms with Crippen LogP contribution < -0.4 is 10.1 Å². The second-order valence-electron chi connectivity index (χ2n) is 6.79. The maximum atomic E-state index is 12.0. The molecular weight excluding hydrogens is 486 g/mol. The first-order chi connectivity index (χ1) is 14.5. The normalized spacial score (nSPS) is 15.3. The van der Waals surface area contributed by atoms with Crippen LogP contribution in [-0.4, -0.2) is 36.6 Å². The van der Waals surface area contributed by atoms with Crippen LogP contribution in [0.2, 0.25) is 0 Å². The second-order valence-corrected chi connectivity index (χ2v) is 10.4. The van der Waals surface area contributed by atoms with Crippen LogP contribution in [0.5, 0.6) is 5.75 Å².